The van der Waals surface area contributed by atoms with Crippen LogP contribution in [-0.4, -0.2) is 38.0 Å². The number of nitrogens with zero attached hydrogens (tertiary/aromatic N) is 2. The highest BCUT2D eigenvalue weighted by molar-refractivity contribution is 5.94. The van der Waals surface area contributed by atoms with E-state index in [9.17, 15) is 27.2 Å². The Kier molecular flexibility index (Phi) is 6.09. The Bertz CT molecular complexity index is 1080. The molecule has 34 heavy (non-hydrogen) atoms. The van der Waals surface area contributed by atoms with Crippen LogP contribution in [0.4, 0.5) is 17.6 Å². The van der Waals surface area contributed by atoms with Gasteiger partial charge in [0.15, 0.2) is 11.4 Å². The summed E-state index contributed by atoms with van der Waals surface area (Å²) in [5.74, 6) is -0.669. The maximum Gasteiger partial charge on any atom is 0.434 e. The van der Waals surface area contributed by atoms with Gasteiger partial charge in [-0.1, -0.05) is 6.07 Å². The highest BCUT2D eigenvalue weighted by Gasteiger charge is 2.56. The topological polar surface area (TPSA) is 118 Å². The van der Waals surface area contributed by atoms with Crippen LogP contribution in [0.5, 0.6) is 0 Å². The van der Waals surface area contributed by atoms with Gasteiger partial charge in [-0.05, 0) is 68.6 Å². The van der Waals surface area contributed by atoms with Gasteiger partial charge in [-0.15, -0.1) is 0 Å². The van der Waals surface area contributed by atoms with Crippen LogP contribution >= 0.6 is 0 Å². The molecule has 4 saturated carbocycles. The first-order chi connectivity index (χ1) is 15.9. The van der Waals surface area contributed by atoms with Crippen LogP contribution in [0, 0.1) is 17.7 Å². The zero-order chi connectivity index (χ0) is 24.7. The second kappa shape index (κ2) is 8.61. The molecule has 1 amide bonds. The number of carboxylic acids is 1. The molecule has 0 radical (unpaired) electrons. The van der Waals surface area contributed by atoms with Crippen LogP contribution in [0.25, 0.3) is 0 Å². The quantitative estimate of drug-likeness (QED) is 0.575. The molecule has 1 aromatic heterocycles. The van der Waals surface area contributed by atoms with Crippen molar-refractivity contribution >= 4 is 11.9 Å². The first kappa shape index (κ1) is 24.1. The van der Waals surface area contributed by atoms with E-state index in [1.807, 2.05) is 0 Å². The van der Waals surface area contributed by atoms with Gasteiger partial charge in [0.1, 0.15) is 5.82 Å². The maximum absolute atomic E-state index is 13.3. The molecule has 0 saturated heterocycles. The maximum atomic E-state index is 13.3. The molecular weight excluding hydrogens is 456 g/mol. The van der Waals surface area contributed by atoms with Gasteiger partial charge in [0.05, 0.1) is 12.4 Å². The molecular formula is C23H24F4N4O3. The molecule has 7 nitrogen and oxygen atoms in total. The largest absolute Gasteiger partial charge is 0.476 e. The lowest BCUT2D eigenvalue weighted by atomic mass is 9.50. The van der Waals surface area contributed by atoms with E-state index in [0.717, 1.165) is 32.1 Å². The van der Waals surface area contributed by atoms with Gasteiger partial charge in [-0.3, -0.25) is 4.79 Å². The van der Waals surface area contributed by atoms with Crippen LogP contribution in [0.15, 0.2) is 36.7 Å². The van der Waals surface area contributed by atoms with Crippen molar-refractivity contribution in [3.8, 4) is 0 Å². The van der Waals surface area contributed by atoms with Gasteiger partial charge in [0, 0.05) is 16.6 Å². The third kappa shape index (κ3) is 5.19. The fourth-order valence-electron chi connectivity index (χ4n) is 6.01. The number of benzene rings is 1. The monoisotopic (exact) mass is 480 g/mol. The third-order valence-electron chi connectivity index (χ3n) is 6.73. The minimum atomic E-state index is -4.59. The van der Waals surface area contributed by atoms with Crippen molar-refractivity contribution < 1.29 is 32.3 Å². The van der Waals surface area contributed by atoms with Crippen LogP contribution in [0.2, 0.25) is 0 Å². The summed E-state index contributed by atoms with van der Waals surface area (Å²) in [6.45, 7) is 0. The van der Waals surface area contributed by atoms with E-state index in [1.54, 1.807) is 12.1 Å². The summed E-state index contributed by atoms with van der Waals surface area (Å²) in [6, 6.07) is 5.90. The molecule has 11 heteroatoms. The van der Waals surface area contributed by atoms with Crippen LogP contribution in [0.3, 0.4) is 0 Å². The first-order valence-electron chi connectivity index (χ1n) is 10.9. The van der Waals surface area contributed by atoms with E-state index >= 15 is 0 Å². The molecule has 2 aromatic rings. The number of halogens is 4. The van der Waals surface area contributed by atoms with Gasteiger partial charge in [0.2, 0.25) is 0 Å². The number of nitrogens with one attached hydrogen (secondary N) is 1. The molecule has 182 valence electrons. The molecule has 4 aliphatic rings. The van der Waals surface area contributed by atoms with Crippen molar-refractivity contribution in [2.75, 3.05) is 0 Å². The normalized spacial score (nSPS) is 29.2. The van der Waals surface area contributed by atoms with E-state index in [4.69, 9.17) is 10.8 Å². The number of nitrogens with two attached hydrogens (primary N) is 1. The predicted molar refractivity (Wildman–Crippen MR) is 112 cm³/mol. The number of carboxylic acid groups (broad SMARTS) is 1. The van der Waals surface area contributed by atoms with Gasteiger partial charge in [0.25, 0.3) is 5.91 Å². The molecule has 4 bridgehead atoms. The van der Waals surface area contributed by atoms with Gasteiger partial charge < -0.3 is 16.2 Å². The Hall–Kier alpha value is -3.08. The minimum absolute atomic E-state index is 0.0979. The lowest BCUT2D eigenvalue weighted by Crippen LogP contribution is -2.68. The zero-order valence-corrected chi connectivity index (χ0v) is 18.1. The van der Waals surface area contributed by atoms with E-state index in [-0.39, 0.29) is 22.8 Å². The van der Waals surface area contributed by atoms with E-state index in [1.165, 1.54) is 18.6 Å². The predicted octanol–water partition coefficient (Wildman–Crippen LogP) is 3.80. The second-order valence-corrected chi connectivity index (χ2v) is 9.66. The van der Waals surface area contributed by atoms with Crippen LogP contribution in [0.1, 0.15) is 65.1 Å². The number of aromatic carboxylic acids is 1. The molecule has 2 atom stereocenters. The Labute approximate surface area is 192 Å². The molecule has 1 aromatic carbocycles. The highest BCUT2D eigenvalue weighted by Crippen LogP contribution is 2.56. The number of rotatable bonds is 3. The van der Waals surface area contributed by atoms with Gasteiger partial charge >= 0.3 is 12.1 Å². The molecule has 0 spiro atoms. The van der Waals surface area contributed by atoms with Gasteiger partial charge in [-0.25, -0.2) is 19.2 Å². The molecule has 4 aliphatic carbocycles. The standard InChI is InChI=1S/C17H21FN2O.C6H3F3N2O2/c18-14-3-1-2-13(5-14)15(21)20-17-8-11-4-12(9-17)7-16(19,6-11)10-17;7-6(8,9)4-2-10-3(1-11-4)5(12)13/h1-3,5,11-12H,4,6-10,19H2,(H,20,21);1-2H,(H,12,13). The van der Waals surface area contributed by atoms with Crippen molar-refractivity contribution in [3.63, 3.8) is 0 Å². The van der Waals surface area contributed by atoms with Crippen molar-refractivity contribution in [1.29, 1.82) is 0 Å². The summed E-state index contributed by atoms with van der Waals surface area (Å²) >= 11 is 0. The van der Waals surface area contributed by atoms with Crippen LogP contribution < -0.4 is 11.1 Å². The minimum Gasteiger partial charge on any atom is -0.476 e. The molecule has 4 N–H and O–H groups in total. The lowest BCUT2D eigenvalue weighted by molar-refractivity contribution is -0.141. The molecule has 2 unspecified atom stereocenters. The molecule has 4 fully saturated rings. The third-order valence-corrected chi connectivity index (χ3v) is 6.73. The summed E-state index contributed by atoms with van der Waals surface area (Å²) in [7, 11) is 0. The lowest BCUT2D eigenvalue weighted by Gasteiger charge is -2.61. The van der Waals surface area contributed by atoms with E-state index in [2.05, 4.69) is 15.3 Å². The number of carbonyl (C=O) groups is 2. The number of aromatic nitrogens is 2. The Morgan fingerprint density at radius 2 is 1.76 bits per heavy atom. The second-order valence-electron chi connectivity index (χ2n) is 9.66. The summed E-state index contributed by atoms with van der Waals surface area (Å²) in [6.07, 6.45) is 2.73. The number of amides is 1. The number of carbonyl (C=O) groups excluding carboxylic acids is 1. The molecule has 0 aliphatic heterocycles. The summed E-state index contributed by atoms with van der Waals surface area (Å²) < 4.78 is 48.9. The van der Waals surface area contributed by atoms with E-state index in [0.29, 0.717) is 29.8 Å². The summed E-state index contributed by atoms with van der Waals surface area (Å²) in [4.78, 5) is 28.6. The van der Waals surface area contributed by atoms with Crippen molar-refractivity contribution in [2.24, 2.45) is 17.6 Å². The first-order valence-corrected chi connectivity index (χ1v) is 10.9. The Morgan fingerprint density at radius 1 is 1.09 bits per heavy atom. The fraction of sp³-hybridized carbons (Fsp3) is 0.478. The number of hydrogen-bond donors (Lipinski definition) is 3. The zero-order valence-electron chi connectivity index (χ0n) is 18.1. The summed E-state index contributed by atoms with van der Waals surface area (Å²) in [5, 5.41) is 11.5. The van der Waals surface area contributed by atoms with Crippen molar-refractivity contribution in [2.45, 2.75) is 55.8 Å². The van der Waals surface area contributed by atoms with E-state index < -0.39 is 23.5 Å². The Balaban J connectivity index is 0.000000182. The Morgan fingerprint density at radius 3 is 2.26 bits per heavy atom. The smallest absolute Gasteiger partial charge is 0.434 e. The highest BCUT2D eigenvalue weighted by atomic mass is 19.4. The summed E-state index contributed by atoms with van der Waals surface area (Å²) in [5.41, 5.74) is 4.94. The fourth-order valence-corrected chi connectivity index (χ4v) is 6.01. The average molecular weight is 480 g/mol. The SMILES string of the molecule is NC12CC3CC(C1)CC(NC(=O)c1cccc(F)c1)(C3)C2.O=C(O)c1cnc(C(F)(F)F)cn1. The number of hydrogen-bond acceptors (Lipinski definition) is 5. The molecule has 1 heterocycles. The van der Waals surface area contributed by atoms with Crippen molar-refractivity contribution in [1.82, 2.24) is 15.3 Å². The van der Waals surface area contributed by atoms with Crippen LogP contribution in [-0.2, 0) is 6.18 Å². The number of alkyl halides is 3. The van der Waals surface area contributed by atoms with Crippen molar-refractivity contribution in [3.05, 3.63) is 59.4 Å². The average Bonchev–Trinajstić information content (AvgIpc) is 2.71. The molecule has 6 rings (SSSR count). The van der Waals surface area contributed by atoms with Gasteiger partial charge in [-0.2, -0.15) is 13.2 Å².